The molecule has 0 saturated carbocycles. The van der Waals surface area contributed by atoms with Gasteiger partial charge in [-0.2, -0.15) is 0 Å². The minimum Gasteiger partial charge on any atom is -0.351 e. The van der Waals surface area contributed by atoms with E-state index >= 15 is 0 Å². The van der Waals surface area contributed by atoms with Crippen LogP contribution < -0.4 is 4.90 Å². The lowest BCUT2D eigenvalue weighted by Crippen LogP contribution is -2.12. The van der Waals surface area contributed by atoms with Gasteiger partial charge in [0.1, 0.15) is 0 Å². The molecule has 0 radical (unpaired) electrons. The maximum absolute atomic E-state index is 4.18. The van der Waals surface area contributed by atoms with Crippen molar-refractivity contribution in [1.82, 2.24) is 4.98 Å². The average molecular weight is 286 g/mol. The van der Waals surface area contributed by atoms with Crippen LogP contribution >= 0.6 is 0 Å². The minimum atomic E-state index is 1.06. The lowest BCUT2D eigenvalue weighted by molar-refractivity contribution is 1.18. The summed E-state index contributed by atoms with van der Waals surface area (Å²) >= 11 is 0. The molecule has 22 heavy (non-hydrogen) atoms. The second-order valence-corrected chi connectivity index (χ2v) is 5.17. The molecule has 0 N–H and O–H groups in total. The summed E-state index contributed by atoms with van der Waals surface area (Å²) in [6.07, 6.45) is 5.87. The Labute approximate surface area is 131 Å². The number of aromatic nitrogens is 1. The molecule has 108 valence electrons. The number of para-hydroxylation sites is 2. The zero-order valence-corrected chi connectivity index (χ0v) is 12.6. The largest absolute Gasteiger partial charge is 0.351 e. The van der Waals surface area contributed by atoms with Gasteiger partial charge in [0.05, 0.1) is 5.52 Å². The van der Waals surface area contributed by atoms with E-state index < -0.39 is 0 Å². The highest BCUT2D eigenvalue weighted by atomic mass is 15.1. The Bertz CT molecular complexity index is 768. The van der Waals surface area contributed by atoms with Crippen molar-refractivity contribution in [2.45, 2.75) is 0 Å². The number of nitrogens with zero attached hydrogens (tertiary/aromatic N) is 2. The average Bonchev–Trinajstić information content (AvgIpc) is 2.59. The van der Waals surface area contributed by atoms with Crippen molar-refractivity contribution in [3.8, 4) is 0 Å². The molecule has 2 heterocycles. The molecule has 0 fully saturated rings. The predicted octanol–water partition coefficient (Wildman–Crippen LogP) is 4.90. The van der Waals surface area contributed by atoms with Gasteiger partial charge < -0.3 is 4.90 Å². The molecule has 0 unspecified atom stereocenters. The van der Waals surface area contributed by atoms with Crippen molar-refractivity contribution < 1.29 is 0 Å². The number of hydrogen-bond acceptors (Lipinski definition) is 2. The fourth-order valence-corrected chi connectivity index (χ4v) is 2.44. The number of benzene rings is 2. The Morgan fingerprint density at radius 3 is 2.45 bits per heavy atom. The molecule has 4 rings (SSSR count). The Morgan fingerprint density at radius 2 is 1.64 bits per heavy atom. The number of fused-ring (bicyclic) bond motifs is 2. The van der Waals surface area contributed by atoms with Gasteiger partial charge in [0.2, 0.25) is 0 Å². The molecule has 0 spiro atoms. The van der Waals surface area contributed by atoms with Crippen LogP contribution in [-0.4, -0.2) is 12.0 Å². The number of anilines is 1. The van der Waals surface area contributed by atoms with Crippen molar-refractivity contribution in [2.75, 3.05) is 11.9 Å². The van der Waals surface area contributed by atoms with Crippen molar-refractivity contribution in [3.05, 3.63) is 91.3 Å². The summed E-state index contributed by atoms with van der Waals surface area (Å²) in [5.74, 6) is 0. The van der Waals surface area contributed by atoms with Crippen LogP contribution in [0.5, 0.6) is 0 Å². The summed E-state index contributed by atoms with van der Waals surface area (Å²) < 4.78 is 0. The normalized spacial score (nSPS) is 12.6. The molecule has 2 aromatic carbocycles. The summed E-state index contributed by atoms with van der Waals surface area (Å²) in [5, 5.41) is 1.20. The zero-order valence-electron chi connectivity index (χ0n) is 12.6. The number of hydrogen-bond donors (Lipinski definition) is 0. The molecule has 1 aliphatic heterocycles. The van der Waals surface area contributed by atoms with E-state index in [1.807, 2.05) is 61.9 Å². The van der Waals surface area contributed by atoms with E-state index in [-0.39, 0.29) is 0 Å². The first-order valence-electron chi connectivity index (χ1n) is 7.25. The lowest BCUT2D eigenvalue weighted by Gasteiger charge is -2.22. The van der Waals surface area contributed by atoms with Gasteiger partial charge in [-0.25, -0.2) is 0 Å². The van der Waals surface area contributed by atoms with Crippen molar-refractivity contribution in [3.63, 3.8) is 0 Å². The third-order valence-corrected chi connectivity index (χ3v) is 3.64. The summed E-state index contributed by atoms with van der Waals surface area (Å²) in [7, 11) is 2.04. The fraction of sp³-hybridized carbons (Fsp3) is 0.0500. The van der Waals surface area contributed by atoms with E-state index in [0.717, 1.165) is 11.1 Å². The molecule has 0 saturated heterocycles. The number of rotatable bonds is 0. The smallest absolute Gasteiger partial charge is 0.0701 e. The third-order valence-electron chi connectivity index (χ3n) is 3.64. The highest BCUT2D eigenvalue weighted by Crippen LogP contribution is 2.29. The van der Waals surface area contributed by atoms with Crippen LogP contribution in [0, 0.1) is 0 Å². The number of allylic oxidation sites excluding steroid dienone is 2. The predicted molar refractivity (Wildman–Crippen MR) is 94.8 cm³/mol. The quantitative estimate of drug-likeness (QED) is 0.584. The topological polar surface area (TPSA) is 16.1 Å². The van der Waals surface area contributed by atoms with Gasteiger partial charge in [-0.15, -0.1) is 0 Å². The first-order chi connectivity index (χ1) is 10.8. The first-order valence-corrected chi connectivity index (χ1v) is 7.25. The van der Waals surface area contributed by atoms with Gasteiger partial charge in [-0.3, -0.25) is 4.98 Å². The lowest BCUT2D eigenvalue weighted by atomic mass is 10.0. The summed E-state index contributed by atoms with van der Waals surface area (Å²) in [6, 6.07) is 20.4. The van der Waals surface area contributed by atoms with E-state index in [2.05, 4.69) is 40.7 Å². The molecule has 1 aliphatic rings. The number of pyridine rings is 1. The minimum absolute atomic E-state index is 1.06. The highest BCUT2D eigenvalue weighted by molar-refractivity contribution is 5.84. The van der Waals surface area contributed by atoms with Crippen LogP contribution in [0.2, 0.25) is 0 Å². The van der Waals surface area contributed by atoms with E-state index in [9.17, 15) is 0 Å². The molecular formula is C20H18N2. The SMILES string of the molecule is C=C1C=CN(C)c2ccccc21.c1ccc2ncccc2c1. The van der Waals surface area contributed by atoms with E-state index in [0.29, 0.717) is 0 Å². The summed E-state index contributed by atoms with van der Waals surface area (Å²) in [4.78, 5) is 6.28. The van der Waals surface area contributed by atoms with Crippen LogP contribution in [0.1, 0.15) is 5.56 Å². The molecule has 0 amide bonds. The van der Waals surface area contributed by atoms with Gasteiger partial charge in [0.25, 0.3) is 0 Å². The van der Waals surface area contributed by atoms with E-state index in [1.54, 1.807) is 0 Å². The summed E-state index contributed by atoms with van der Waals surface area (Å²) in [5.41, 5.74) is 4.60. The fourth-order valence-electron chi connectivity index (χ4n) is 2.44. The van der Waals surface area contributed by atoms with E-state index in [4.69, 9.17) is 0 Å². The Hall–Kier alpha value is -2.87. The standard InChI is InChI=1S/C11H11N.C9H7N/c1-9-7-8-12(2)11-6-4-3-5-10(9)11;1-2-6-9-8(4-1)5-3-7-10-9/h3-8H,1H2,2H3;1-7H. The van der Waals surface area contributed by atoms with Crippen LogP contribution in [0.3, 0.4) is 0 Å². The highest BCUT2D eigenvalue weighted by Gasteiger charge is 2.09. The van der Waals surface area contributed by atoms with Crippen LogP contribution in [-0.2, 0) is 0 Å². The second-order valence-electron chi connectivity index (χ2n) is 5.17. The first kappa shape index (κ1) is 14.1. The van der Waals surface area contributed by atoms with Gasteiger partial charge in [0, 0.05) is 36.1 Å². The Balaban J connectivity index is 0.000000133. The molecule has 3 aromatic rings. The van der Waals surface area contributed by atoms with Crippen LogP contribution in [0.15, 0.2) is 85.7 Å². The molecule has 2 heteroatoms. The van der Waals surface area contributed by atoms with Gasteiger partial charge in [-0.1, -0.05) is 49.0 Å². The van der Waals surface area contributed by atoms with E-state index in [1.165, 1.54) is 16.6 Å². The second kappa shape index (κ2) is 6.27. The van der Waals surface area contributed by atoms with Crippen LogP contribution in [0.4, 0.5) is 5.69 Å². The monoisotopic (exact) mass is 286 g/mol. The third kappa shape index (κ3) is 2.91. The summed E-state index contributed by atoms with van der Waals surface area (Å²) in [6.45, 7) is 3.98. The van der Waals surface area contributed by atoms with Crippen molar-refractivity contribution in [2.24, 2.45) is 0 Å². The zero-order chi connectivity index (χ0) is 15.4. The van der Waals surface area contributed by atoms with Gasteiger partial charge >= 0.3 is 0 Å². The molecule has 0 bridgehead atoms. The van der Waals surface area contributed by atoms with Gasteiger partial charge in [0.15, 0.2) is 0 Å². The van der Waals surface area contributed by atoms with Crippen molar-refractivity contribution in [1.29, 1.82) is 0 Å². The Morgan fingerprint density at radius 1 is 0.909 bits per heavy atom. The van der Waals surface area contributed by atoms with Gasteiger partial charge in [-0.05, 0) is 29.8 Å². The molecule has 0 atom stereocenters. The molecule has 0 aliphatic carbocycles. The molecular weight excluding hydrogens is 268 g/mol. The van der Waals surface area contributed by atoms with Crippen molar-refractivity contribution >= 4 is 22.2 Å². The van der Waals surface area contributed by atoms with Crippen LogP contribution in [0.25, 0.3) is 16.5 Å². The molecule has 1 aromatic heterocycles. The maximum atomic E-state index is 4.18. The Kier molecular flexibility index (Phi) is 4.01. The maximum Gasteiger partial charge on any atom is 0.0701 e. The molecule has 2 nitrogen and oxygen atoms in total.